The van der Waals surface area contributed by atoms with Crippen molar-refractivity contribution in [2.24, 2.45) is 18.0 Å². The average Bonchev–Trinajstić information content (AvgIpc) is 3.09. The van der Waals surface area contributed by atoms with E-state index in [9.17, 15) is 9.59 Å². The number of fused-ring (bicyclic) bond motifs is 1. The summed E-state index contributed by atoms with van der Waals surface area (Å²) in [5, 5.41) is 0.631. The van der Waals surface area contributed by atoms with Crippen molar-refractivity contribution in [1.82, 2.24) is 18.9 Å². The van der Waals surface area contributed by atoms with Crippen molar-refractivity contribution in [1.29, 1.82) is 0 Å². The van der Waals surface area contributed by atoms with Crippen LogP contribution in [0, 0.1) is 5.92 Å². The van der Waals surface area contributed by atoms with Gasteiger partial charge in [0.25, 0.3) is 0 Å². The lowest BCUT2D eigenvalue weighted by Gasteiger charge is -2.37. The van der Waals surface area contributed by atoms with Gasteiger partial charge in [0.05, 0.1) is 11.0 Å². The van der Waals surface area contributed by atoms with E-state index in [-0.39, 0.29) is 17.6 Å². The van der Waals surface area contributed by atoms with Crippen LogP contribution in [0.25, 0.3) is 11.0 Å². The number of carbonyl (C=O) groups is 1. The summed E-state index contributed by atoms with van der Waals surface area (Å²) < 4.78 is 3.57. The van der Waals surface area contributed by atoms with Gasteiger partial charge in [-0.3, -0.25) is 23.8 Å². The Hall–Kier alpha value is -2.38. The normalized spacial score (nSPS) is 21.0. The highest BCUT2D eigenvalue weighted by Gasteiger charge is 2.32. The number of nitrogens with zero attached hydrogens (tertiary/aromatic N) is 5. The summed E-state index contributed by atoms with van der Waals surface area (Å²) in [4.78, 5) is 34.9. The molecule has 3 aliphatic heterocycles. The molecule has 8 heteroatoms. The summed E-state index contributed by atoms with van der Waals surface area (Å²) in [6.07, 6.45) is 8.59. The molecule has 1 aromatic carbocycles. The Kier molecular flexibility index (Phi) is 6.43. The van der Waals surface area contributed by atoms with Gasteiger partial charge >= 0.3 is 5.69 Å². The molecule has 2 aromatic rings. The van der Waals surface area contributed by atoms with E-state index in [2.05, 4.69) is 16.0 Å². The van der Waals surface area contributed by atoms with Crippen molar-refractivity contribution in [2.45, 2.75) is 38.1 Å². The van der Waals surface area contributed by atoms with Crippen LogP contribution in [0.1, 0.15) is 38.1 Å². The molecule has 176 valence electrons. The monoisotopic (exact) mass is 469 g/mol. The van der Waals surface area contributed by atoms with Crippen molar-refractivity contribution >= 4 is 34.8 Å². The molecule has 0 saturated carbocycles. The highest BCUT2D eigenvalue weighted by Crippen LogP contribution is 2.29. The van der Waals surface area contributed by atoms with E-state index in [0.29, 0.717) is 24.0 Å². The van der Waals surface area contributed by atoms with E-state index < -0.39 is 0 Å². The summed E-state index contributed by atoms with van der Waals surface area (Å²) in [6.45, 7) is 5.29. The Morgan fingerprint density at radius 2 is 1.85 bits per heavy atom. The number of aryl methyl sites for hydroxylation is 1. The van der Waals surface area contributed by atoms with Crippen LogP contribution in [0.4, 0.5) is 0 Å². The van der Waals surface area contributed by atoms with Gasteiger partial charge in [-0.1, -0.05) is 17.2 Å². The lowest BCUT2D eigenvalue weighted by Crippen LogP contribution is -2.46. The minimum Gasteiger partial charge on any atom is -0.342 e. The first-order valence-electron chi connectivity index (χ1n) is 12.1. The molecule has 2 saturated heterocycles. The Morgan fingerprint density at radius 1 is 1.09 bits per heavy atom. The molecule has 1 aromatic heterocycles. The smallest absolute Gasteiger partial charge is 0.329 e. The van der Waals surface area contributed by atoms with Gasteiger partial charge in [-0.2, -0.15) is 0 Å². The molecule has 33 heavy (non-hydrogen) atoms. The highest BCUT2D eigenvalue weighted by atomic mass is 35.5. The molecule has 3 aliphatic rings. The number of imidazole rings is 1. The predicted octanol–water partition coefficient (Wildman–Crippen LogP) is 3.27. The number of rotatable bonds is 4. The number of amides is 1. The van der Waals surface area contributed by atoms with Crippen LogP contribution in [-0.2, 0) is 11.8 Å². The average molecular weight is 470 g/mol. The van der Waals surface area contributed by atoms with Crippen LogP contribution < -0.4 is 5.69 Å². The molecule has 0 N–H and O–H groups in total. The highest BCUT2D eigenvalue weighted by molar-refractivity contribution is 6.31. The second kappa shape index (κ2) is 9.47. The van der Waals surface area contributed by atoms with Gasteiger partial charge in [-0.05, 0) is 69.5 Å². The number of dihydropyridines is 1. The second-order valence-electron chi connectivity index (χ2n) is 9.58. The van der Waals surface area contributed by atoms with Gasteiger partial charge in [0.15, 0.2) is 0 Å². The molecule has 0 spiro atoms. The Balaban J connectivity index is 1.17. The second-order valence-corrected chi connectivity index (χ2v) is 10.0. The maximum absolute atomic E-state index is 13.2. The standard InChI is InChI=1S/C25H32ClN5O2/c1-28-23-16-20(26)2-3-22(23)31(25(28)33)21-8-14-30(15-9-21)24(32)19-6-12-29(13-7-19)17-18-4-10-27-11-5-18/h2-4,10,16,19,21H,5-9,11-15,17H2,1H3. The number of allylic oxidation sites excluding steroid dienone is 1. The number of carbonyl (C=O) groups excluding carboxylic acids is 1. The van der Waals surface area contributed by atoms with E-state index in [1.54, 1.807) is 11.6 Å². The summed E-state index contributed by atoms with van der Waals surface area (Å²) in [5.41, 5.74) is 3.21. The van der Waals surface area contributed by atoms with E-state index in [0.717, 1.165) is 69.3 Å². The molecular weight excluding hydrogens is 438 g/mol. The van der Waals surface area contributed by atoms with Gasteiger partial charge in [0, 0.05) is 56.4 Å². The molecule has 2 fully saturated rings. The van der Waals surface area contributed by atoms with E-state index >= 15 is 0 Å². The van der Waals surface area contributed by atoms with E-state index in [4.69, 9.17) is 11.6 Å². The first-order chi connectivity index (χ1) is 16.0. The van der Waals surface area contributed by atoms with Gasteiger partial charge in [0.2, 0.25) is 5.91 Å². The van der Waals surface area contributed by atoms with Crippen molar-refractivity contribution in [3.8, 4) is 0 Å². The quantitative estimate of drug-likeness (QED) is 0.690. The number of halogens is 1. The summed E-state index contributed by atoms with van der Waals surface area (Å²) in [5.74, 6) is 0.427. The molecule has 5 rings (SSSR count). The first-order valence-corrected chi connectivity index (χ1v) is 12.4. The third-order valence-corrected chi connectivity index (χ3v) is 7.77. The summed E-state index contributed by atoms with van der Waals surface area (Å²) in [6, 6.07) is 5.72. The van der Waals surface area contributed by atoms with Gasteiger partial charge in [0.1, 0.15) is 0 Å². The topological polar surface area (TPSA) is 62.8 Å². The third-order valence-electron chi connectivity index (χ3n) is 7.53. The fourth-order valence-corrected chi connectivity index (χ4v) is 5.74. The van der Waals surface area contributed by atoms with Crippen LogP contribution in [-0.4, -0.2) is 70.3 Å². The fraction of sp³-hybridized carbons (Fsp3) is 0.560. The zero-order valence-corrected chi connectivity index (χ0v) is 20.0. The van der Waals surface area contributed by atoms with E-state index in [1.807, 2.05) is 33.9 Å². The SMILES string of the molecule is Cn1c(=O)n(C2CCN(C(=O)C3CCN(CC4=CC=NCC4)CC3)CC2)c2ccc(Cl)cc21. The van der Waals surface area contributed by atoms with Gasteiger partial charge in [-0.25, -0.2) is 4.79 Å². The third kappa shape index (κ3) is 4.53. The number of piperidine rings is 2. The van der Waals surface area contributed by atoms with Crippen molar-refractivity contribution in [2.75, 3.05) is 39.3 Å². The Morgan fingerprint density at radius 3 is 2.55 bits per heavy atom. The molecule has 0 bridgehead atoms. The molecule has 7 nitrogen and oxygen atoms in total. The molecular formula is C25H32ClN5O2. The van der Waals surface area contributed by atoms with Crippen molar-refractivity contribution < 1.29 is 4.79 Å². The van der Waals surface area contributed by atoms with Gasteiger partial charge < -0.3 is 4.90 Å². The van der Waals surface area contributed by atoms with Crippen LogP contribution >= 0.6 is 11.6 Å². The van der Waals surface area contributed by atoms with Crippen molar-refractivity contribution in [3.05, 3.63) is 45.4 Å². The van der Waals surface area contributed by atoms with Crippen LogP contribution in [0.5, 0.6) is 0 Å². The molecule has 1 amide bonds. The fourth-order valence-electron chi connectivity index (χ4n) is 5.57. The van der Waals surface area contributed by atoms with E-state index in [1.165, 1.54) is 5.57 Å². The lowest BCUT2D eigenvalue weighted by atomic mass is 9.93. The largest absolute Gasteiger partial charge is 0.342 e. The van der Waals surface area contributed by atoms with Crippen LogP contribution in [0.3, 0.4) is 0 Å². The molecule has 0 aliphatic carbocycles. The zero-order chi connectivity index (χ0) is 22.9. The maximum Gasteiger partial charge on any atom is 0.329 e. The number of benzene rings is 1. The molecule has 0 unspecified atom stereocenters. The van der Waals surface area contributed by atoms with Crippen LogP contribution in [0.15, 0.2) is 39.6 Å². The summed E-state index contributed by atoms with van der Waals surface area (Å²) in [7, 11) is 1.79. The first kappa shape index (κ1) is 22.4. The molecule has 4 heterocycles. The van der Waals surface area contributed by atoms with Gasteiger partial charge in [-0.15, -0.1) is 0 Å². The minimum absolute atomic E-state index is 0.0104. The van der Waals surface area contributed by atoms with Crippen LogP contribution in [0.2, 0.25) is 5.02 Å². The number of aliphatic imine (C=N–C) groups is 1. The number of aromatic nitrogens is 2. The lowest BCUT2D eigenvalue weighted by molar-refractivity contribution is -0.138. The minimum atomic E-state index is -0.0104. The number of likely N-dealkylation sites (tertiary alicyclic amines) is 2. The van der Waals surface area contributed by atoms with Crippen molar-refractivity contribution in [3.63, 3.8) is 0 Å². The maximum atomic E-state index is 13.2. The molecule has 0 atom stereocenters. The Bertz CT molecular complexity index is 1150. The molecule has 0 radical (unpaired) electrons. The predicted molar refractivity (Wildman–Crippen MR) is 132 cm³/mol. The zero-order valence-electron chi connectivity index (χ0n) is 19.3. The number of hydrogen-bond acceptors (Lipinski definition) is 4. The number of hydrogen-bond donors (Lipinski definition) is 0. The summed E-state index contributed by atoms with van der Waals surface area (Å²) >= 11 is 6.14. The Labute approximate surface area is 199 Å².